The zero-order chi connectivity index (χ0) is 27.0. The Morgan fingerprint density at radius 1 is 1.16 bits per heavy atom. The number of imidazole rings is 1. The average Bonchev–Trinajstić information content (AvgIpc) is 3.32. The Balaban J connectivity index is 1.57. The molecule has 0 aliphatic carbocycles. The number of halogens is 1. The molecule has 0 saturated carbocycles. The minimum Gasteiger partial charge on any atom is -0.497 e. The van der Waals surface area contributed by atoms with E-state index in [0.29, 0.717) is 57.6 Å². The number of aliphatic carboxylic acids is 1. The van der Waals surface area contributed by atoms with Crippen LogP contribution in [0, 0.1) is 11.7 Å². The number of benzene rings is 2. The number of nitrogens with zero attached hydrogens (tertiary/aromatic N) is 4. The molecule has 1 aromatic heterocycles. The van der Waals surface area contributed by atoms with Gasteiger partial charge in [-0.2, -0.15) is 0 Å². The second kappa shape index (κ2) is 10.5. The molecule has 1 N–H and O–H groups in total. The lowest BCUT2D eigenvalue weighted by atomic mass is 9.97. The normalized spacial score (nSPS) is 16.8. The Morgan fingerprint density at radius 3 is 2.61 bits per heavy atom. The van der Waals surface area contributed by atoms with Gasteiger partial charge in [0.2, 0.25) is 5.95 Å². The van der Waals surface area contributed by atoms with Crippen LogP contribution >= 0.6 is 0 Å². The highest BCUT2D eigenvalue weighted by Gasteiger charge is 2.31. The van der Waals surface area contributed by atoms with Crippen LogP contribution in [0.5, 0.6) is 5.75 Å². The van der Waals surface area contributed by atoms with Gasteiger partial charge in [-0.15, -0.1) is 0 Å². The lowest BCUT2D eigenvalue weighted by molar-refractivity contribution is -0.142. The van der Waals surface area contributed by atoms with E-state index in [1.807, 2.05) is 6.07 Å². The molecular formula is C28H33FN4O5. The maximum Gasteiger partial charge on any atom is 0.409 e. The molecule has 3 aromatic rings. The molecule has 38 heavy (non-hydrogen) atoms. The van der Waals surface area contributed by atoms with E-state index in [0.717, 1.165) is 33.7 Å². The predicted molar refractivity (Wildman–Crippen MR) is 140 cm³/mol. The summed E-state index contributed by atoms with van der Waals surface area (Å²) in [5.74, 6) is -0.236. The Morgan fingerprint density at radius 2 is 1.92 bits per heavy atom. The number of anilines is 1. The number of piperidine rings is 1. The second-order valence-corrected chi connectivity index (χ2v) is 10.1. The molecular weight excluding hydrogens is 491 g/mol. The SMILES string of the molecule is COC(=O)N1CCc2ccc3c(nc(N4CCC(C(=O)O)CC4)n3[C@@H](C)Cc3cc(F)cc(OC)c3)c2C1. The maximum atomic E-state index is 14.3. The van der Waals surface area contributed by atoms with Crippen molar-refractivity contribution in [3.8, 4) is 5.75 Å². The summed E-state index contributed by atoms with van der Waals surface area (Å²) in [4.78, 5) is 32.8. The number of carboxylic acid groups (broad SMARTS) is 1. The van der Waals surface area contributed by atoms with Crippen molar-refractivity contribution in [2.45, 2.75) is 45.2 Å². The second-order valence-electron chi connectivity index (χ2n) is 10.1. The minimum absolute atomic E-state index is 0.0861. The Bertz CT molecular complexity index is 1370. The Kier molecular flexibility index (Phi) is 7.14. The van der Waals surface area contributed by atoms with Crippen molar-refractivity contribution >= 4 is 29.0 Å². The van der Waals surface area contributed by atoms with Crippen molar-refractivity contribution in [1.29, 1.82) is 0 Å². The zero-order valence-corrected chi connectivity index (χ0v) is 21.9. The maximum absolute atomic E-state index is 14.3. The fraction of sp³-hybridized carbons (Fsp3) is 0.464. The number of ether oxygens (including phenoxy) is 2. The van der Waals surface area contributed by atoms with E-state index >= 15 is 0 Å². The third-order valence-electron chi connectivity index (χ3n) is 7.74. The molecule has 1 amide bonds. The van der Waals surface area contributed by atoms with E-state index in [4.69, 9.17) is 14.5 Å². The van der Waals surface area contributed by atoms with Crippen LogP contribution in [0.25, 0.3) is 11.0 Å². The molecule has 9 nitrogen and oxygen atoms in total. The first-order valence-electron chi connectivity index (χ1n) is 13.0. The van der Waals surface area contributed by atoms with E-state index in [1.165, 1.54) is 26.4 Å². The van der Waals surface area contributed by atoms with Crippen LogP contribution in [0.15, 0.2) is 30.3 Å². The minimum atomic E-state index is -0.761. The molecule has 2 aliphatic rings. The highest BCUT2D eigenvalue weighted by molar-refractivity contribution is 5.85. The highest BCUT2D eigenvalue weighted by atomic mass is 19.1. The van der Waals surface area contributed by atoms with E-state index in [2.05, 4.69) is 28.5 Å². The lowest BCUT2D eigenvalue weighted by Crippen LogP contribution is -2.38. The first kappa shape index (κ1) is 25.8. The third kappa shape index (κ3) is 4.87. The van der Waals surface area contributed by atoms with Crippen LogP contribution in [0.1, 0.15) is 42.5 Å². The van der Waals surface area contributed by atoms with Gasteiger partial charge in [-0.25, -0.2) is 14.2 Å². The fourth-order valence-corrected chi connectivity index (χ4v) is 5.74. The highest BCUT2D eigenvalue weighted by Crippen LogP contribution is 2.36. The molecule has 202 valence electrons. The molecule has 1 fully saturated rings. The fourth-order valence-electron chi connectivity index (χ4n) is 5.74. The van der Waals surface area contributed by atoms with Crippen LogP contribution in [-0.4, -0.2) is 65.5 Å². The van der Waals surface area contributed by atoms with E-state index in [-0.39, 0.29) is 23.9 Å². The number of carboxylic acids is 1. The molecule has 10 heteroatoms. The molecule has 3 heterocycles. The number of carbonyl (C=O) groups excluding carboxylic acids is 1. The van der Waals surface area contributed by atoms with Gasteiger partial charge < -0.3 is 28.9 Å². The van der Waals surface area contributed by atoms with Crippen molar-refractivity contribution < 1.29 is 28.6 Å². The van der Waals surface area contributed by atoms with Gasteiger partial charge in [-0.05, 0) is 61.9 Å². The summed E-state index contributed by atoms with van der Waals surface area (Å²) in [6.07, 6.45) is 1.98. The molecule has 5 rings (SSSR count). The largest absolute Gasteiger partial charge is 0.497 e. The van der Waals surface area contributed by atoms with Gasteiger partial charge in [-0.1, -0.05) is 6.07 Å². The number of aromatic nitrogens is 2. The quantitative estimate of drug-likeness (QED) is 0.510. The van der Waals surface area contributed by atoms with Gasteiger partial charge in [0.1, 0.15) is 11.6 Å². The zero-order valence-electron chi connectivity index (χ0n) is 21.9. The summed E-state index contributed by atoms with van der Waals surface area (Å²) in [5, 5.41) is 9.48. The number of rotatable bonds is 6. The van der Waals surface area contributed by atoms with E-state index < -0.39 is 5.97 Å². The van der Waals surface area contributed by atoms with Crippen LogP contribution in [0.2, 0.25) is 0 Å². The number of carbonyl (C=O) groups is 2. The summed E-state index contributed by atoms with van der Waals surface area (Å²) in [6.45, 7) is 4.23. The van der Waals surface area contributed by atoms with Gasteiger partial charge in [0, 0.05) is 37.3 Å². The van der Waals surface area contributed by atoms with Crippen LogP contribution < -0.4 is 9.64 Å². The molecule has 0 unspecified atom stereocenters. The smallest absolute Gasteiger partial charge is 0.409 e. The van der Waals surface area contributed by atoms with E-state index in [9.17, 15) is 19.1 Å². The van der Waals surface area contributed by atoms with Crippen LogP contribution in [0.4, 0.5) is 15.1 Å². The van der Waals surface area contributed by atoms with Gasteiger partial charge in [0.25, 0.3) is 0 Å². The van der Waals surface area contributed by atoms with Crippen molar-refractivity contribution in [2.24, 2.45) is 5.92 Å². The summed E-state index contributed by atoms with van der Waals surface area (Å²) in [5.41, 5.74) is 4.72. The van der Waals surface area contributed by atoms with E-state index in [1.54, 1.807) is 4.90 Å². The Hall–Kier alpha value is -3.82. The number of methoxy groups -OCH3 is 2. The monoisotopic (exact) mass is 524 g/mol. The molecule has 1 atom stereocenters. The van der Waals surface area contributed by atoms with Crippen molar-refractivity contribution in [3.63, 3.8) is 0 Å². The van der Waals surface area contributed by atoms with Crippen LogP contribution in [0.3, 0.4) is 0 Å². The van der Waals surface area contributed by atoms with Gasteiger partial charge >= 0.3 is 12.1 Å². The third-order valence-corrected chi connectivity index (χ3v) is 7.74. The van der Waals surface area contributed by atoms with Crippen molar-refractivity contribution in [1.82, 2.24) is 14.5 Å². The van der Waals surface area contributed by atoms with Crippen LogP contribution in [-0.2, 0) is 28.9 Å². The number of hydrogen-bond acceptors (Lipinski definition) is 6. The topological polar surface area (TPSA) is 97.1 Å². The molecule has 0 radical (unpaired) electrons. The summed E-state index contributed by atoms with van der Waals surface area (Å²) >= 11 is 0. The van der Waals surface area contributed by atoms with Gasteiger partial charge in [0.15, 0.2) is 0 Å². The number of amides is 1. The molecule has 2 aliphatic heterocycles. The molecule has 2 aromatic carbocycles. The van der Waals surface area contributed by atoms with Gasteiger partial charge in [0.05, 0.1) is 37.7 Å². The first-order valence-corrected chi connectivity index (χ1v) is 13.0. The average molecular weight is 525 g/mol. The molecule has 1 saturated heterocycles. The molecule has 0 spiro atoms. The summed E-state index contributed by atoms with van der Waals surface area (Å²) in [7, 11) is 2.90. The number of hydrogen-bond donors (Lipinski definition) is 1. The summed E-state index contributed by atoms with van der Waals surface area (Å²) < 4.78 is 26.7. The lowest BCUT2D eigenvalue weighted by Gasteiger charge is -2.32. The van der Waals surface area contributed by atoms with Gasteiger partial charge in [-0.3, -0.25) is 4.79 Å². The number of fused-ring (bicyclic) bond motifs is 3. The van der Waals surface area contributed by atoms with Crippen molar-refractivity contribution in [3.05, 3.63) is 52.8 Å². The Labute approximate surface area is 220 Å². The first-order chi connectivity index (χ1) is 18.3. The summed E-state index contributed by atoms with van der Waals surface area (Å²) in [6, 6.07) is 8.81. The van der Waals surface area contributed by atoms with Crippen molar-refractivity contribution in [2.75, 3.05) is 38.8 Å². The standard InChI is InChI=1S/C28H33FN4O5/c1-17(12-18-13-21(29)15-22(14-18)37-2)33-24-5-4-19-6-11-32(28(36)38-3)16-23(19)25(24)30-27(33)31-9-7-20(8-10-31)26(34)35/h4-5,13-15,17,20H,6-12,16H2,1-3H3,(H,34,35)/t17-/m0/s1. The predicted octanol–water partition coefficient (Wildman–Crippen LogP) is 4.41. The molecule has 0 bridgehead atoms.